The van der Waals surface area contributed by atoms with Crippen molar-refractivity contribution < 1.29 is 14.3 Å². The van der Waals surface area contributed by atoms with Crippen molar-refractivity contribution in [3.8, 4) is 10.9 Å². The Morgan fingerprint density at radius 2 is 2.00 bits per heavy atom. The molecule has 4 rings (SSSR count). The zero-order chi connectivity index (χ0) is 18.6. The number of rotatable bonds is 4. The van der Waals surface area contributed by atoms with Gasteiger partial charge in [-0.05, 0) is 24.3 Å². The molecule has 6 nitrogen and oxygen atoms in total. The van der Waals surface area contributed by atoms with Crippen LogP contribution in [0.3, 0.4) is 0 Å². The van der Waals surface area contributed by atoms with Gasteiger partial charge in [-0.1, -0.05) is 29.5 Å². The lowest BCUT2D eigenvalue weighted by molar-refractivity contribution is 0.115. The third kappa shape index (κ3) is 4.14. The van der Waals surface area contributed by atoms with Gasteiger partial charge in [-0.15, -0.1) is 0 Å². The third-order valence-corrected chi connectivity index (χ3v) is 5.52. The van der Waals surface area contributed by atoms with Gasteiger partial charge in [0.2, 0.25) is 0 Å². The van der Waals surface area contributed by atoms with Crippen molar-refractivity contribution in [1.29, 1.82) is 0 Å². The molecule has 3 aromatic rings. The monoisotopic (exact) mass is 383 g/mol. The van der Waals surface area contributed by atoms with Crippen LogP contribution in [0.5, 0.6) is 10.9 Å². The zero-order valence-electron chi connectivity index (χ0n) is 15.1. The van der Waals surface area contributed by atoms with Crippen LogP contribution in [0.25, 0.3) is 10.2 Å². The molecular weight excluding hydrogens is 362 g/mol. The number of carbonyl (C=O) groups is 1. The Balaban J connectivity index is 1.30. The number of aromatic nitrogens is 1. The number of nitrogens with one attached hydrogen (secondary N) is 1. The van der Waals surface area contributed by atoms with Gasteiger partial charge < -0.3 is 19.7 Å². The highest BCUT2D eigenvalue weighted by Gasteiger charge is 2.25. The molecule has 27 heavy (non-hydrogen) atoms. The standard InChI is InChI=1S/C20H21N3O3S/c1-25-16-6-4-5-14(13-16)21-19(24)23-11-9-15(10-12-23)26-20-22-17-7-2-3-8-18(17)27-20/h2-8,13,15H,9-12H2,1H3,(H,21,24). The molecule has 0 aliphatic carbocycles. The second-order valence-electron chi connectivity index (χ2n) is 6.41. The van der Waals surface area contributed by atoms with Crippen molar-refractivity contribution in [2.24, 2.45) is 0 Å². The maximum atomic E-state index is 12.5. The van der Waals surface area contributed by atoms with Crippen LogP contribution >= 0.6 is 11.3 Å². The Kier molecular flexibility index (Phi) is 5.11. The van der Waals surface area contributed by atoms with E-state index in [1.54, 1.807) is 24.5 Å². The van der Waals surface area contributed by atoms with Gasteiger partial charge in [-0.25, -0.2) is 9.78 Å². The molecule has 1 fully saturated rings. The summed E-state index contributed by atoms with van der Waals surface area (Å²) in [5.74, 6) is 0.718. The van der Waals surface area contributed by atoms with E-state index in [0.717, 1.165) is 34.5 Å². The van der Waals surface area contributed by atoms with Gasteiger partial charge in [-0.3, -0.25) is 0 Å². The molecule has 1 aliphatic heterocycles. The lowest BCUT2D eigenvalue weighted by Gasteiger charge is -2.31. The first-order chi connectivity index (χ1) is 13.2. The van der Waals surface area contributed by atoms with Gasteiger partial charge in [0.25, 0.3) is 5.19 Å². The molecule has 1 saturated heterocycles. The lowest BCUT2D eigenvalue weighted by Crippen LogP contribution is -2.43. The minimum atomic E-state index is -0.0957. The highest BCUT2D eigenvalue weighted by atomic mass is 32.1. The van der Waals surface area contributed by atoms with Crippen LogP contribution in [0, 0.1) is 0 Å². The number of amides is 2. The van der Waals surface area contributed by atoms with E-state index in [9.17, 15) is 4.79 Å². The van der Waals surface area contributed by atoms with Crippen LogP contribution in [0.2, 0.25) is 0 Å². The van der Waals surface area contributed by atoms with E-state index in [2.05, 4.69) is 10.3 Å². The number of likely N-dealkylation sites (tertiary alicyclic amines) is 1. The molecule has 1 aromatic heterocycles. The van der Waals surface area contributed by atoms with Gasteiger partial charge >= 0.3 is 6.03 Å². The van der Waals surface area contributed by atoms with Crippen LogP contribution in [0.15, 0.2) is 48.5 Å². The molecule has 0 unspecified atom stereocenters. The molecule has 0 bridgehead atoms. The highest BCUT2D eigenvalue weighted by molar-refractivity contribution is 7.20. The van der Waals surface area contributed by atoms with E-state index < -0.39 is 0 Å². The Morgan fingerprint density at radius 3 is 2.78 bits per heavy atom. The van der Waals surface area contributed by atoms with Crippen LogP contribution in [-0.4, -0.2) is 42.2 Å². The first-order valence-corrected chi connectivity index (χ1v) is 9.75. The summed E-state index contributed by atoms with van der Waals surface area (Å²) in [4.78, 5) is 18.8. The topological polar surface area (TPSA) is 63.7 Å². The van der Waals surface area contributed by atoms with E-state index in [0.29, 0.717) is 18.3 Å². The van der Waals surface area contributed by atoms with Gasteiger partial charge in [0.1, 0.15) is 11.9 Å². The molecule has 1 N–H and O–H groups in total. The van der Waals surface area contributed by atoms with Crippen LogP contribution in [0.1, 0.15) is 12.8 Å². The number of methoxy groups -OCH3 is 1. The number of urea groups is 1. The number of ether oxygens (including phenoxy) is 2. The van der Waals surface area contributed by atoms with Crippen molar-refractivity contribution >= 4 is 33.3 Å². The Bertz CT molecular complexity index is 902. The van der Waals surface area contributed by atoms with Crippen molar-refractivity contribution in [3.05, 3.63) is 48.5 Å². The maximum absolute atomic E-state index is 12.5. The summed E-state index contributed by atoms with van der Waals surface area (Å²) in [7, 11) is 1.61. The number of para-hydroxylation sites is 1. The summed E-state index contributed by atoms with van der Waals surface area (Å²) in [6, 6.07) is 15.3. The van der Waals surface area contributed by atoms with Gasteiger partial charge in [-0.2, -0.15) is 0 Å². The molecule has 1 aliphatic rings. The number of thiazole rings is 1. The minimum Gasteiger partial charge on any atom is -0.497 e. The summed E-state index contributed by atoms with van der Waals surface area (Å²) < 4.78 is 12.4. The number of carbonyl (C=O) groups excluding carboxylic acids is 1. The normalized spacial score (nSPS) is 14.9. The number of hydrogen-bond acceptors (Lipinski definition) is 5. The van der Waals surface area contributed by atoms with E-state index in [4.69, 9.17) is 9.47 Å². The van der Waals surface area contributed by atoms with Crippen LogP contribution in [0.4, 0.5) is 10.5 Å². The predicted octanol–water partition coefficient (Wildman–Crippen LogP) is 4.38. The molecule has 0 saturated carbocycles. The maximum Gasteiger partial charge on any atom is 0.321 e. The number of piperidine rings is 1. The first kappa shape index (κ1) is 17.6. The van der Waals surface area contributed by atoms with E-state index in [-0.39, 0.29) is 12.1 Å². The summed E-state index contributed by atoms with van der Waals surface area (Å²) in [6.45, 7) is 1.32. The highest BCUT2D eigenvalue weighted by Crippen LogP contribution is 2.29. The average Bonchev–Trinajstić information content (AvgIpc) is 3.11. The third-order valence-electron chi connectivity index (χ3n) is 4.59. The number of fused-ring (bicyclic) bond motifs is 1. The van der Waals surface area contributed by atoms with Crippen molar-refractivity contribution in [2.45, 2.75) is 18.9 Å². The Labute approximate surface area is 161 Å². The summed E-state index contributed by atoms with van der Waals surface area (Å²) in [5.41, 5.74) is 1.69. The second kappa shape index (κ2) is 7.84. The Hall–Kier alpha value is -2.80. The van der Waals surface area contributed by atoms with Crippen LogP contribution in [-0.2, 0) is 0 Å². The fourth-order valence-electron chi connectivity index (χ4n) is 3.12. The molecule has 0 atom stereocenters. The fourth-order valence-corrected chi connectivity index (χ4v) is 4.01. The SMILES string of the molecule is COc1cccc(NC(=O)N2CCC(Oc3nc4ccccc4s3)CC2)c1. The minimum absolute atomic E-state index is 0.0893. The number of nitrogens with zero attached hydrogens (tertiary/aromatic N) is 2. The van der Waals surface area contributed by atoms with E-state index in [1.807, 2.05) is 47.4 Å². The van der Waals surface area contributed by atoms with Gasteiger partial charge in [0.05, 0.1) is 17.3 Å². The largest absolute Gasteiger partial charge is 0.497 e. The van der Waals surface area contributed by atoms with Gasteiger partial charge in [0, 0.05) is 37.7 Å². The molecule has 0 spiro atoms. The first-order valence-electron chi connectivity index (χ1n) is 8.93. The molecular formula is C20H21N3O3S. The summed E-state index contributed by atoms with van der Waals surface area (Å²) in [5, 5.41) is 3.63. The number of hydrogen-bond donors (Lipinski definition) is 1. The fraction of sp³-hybridized carbons (Fsp3) is 0.300. The van der Waals surface area contributed by atoms with Crippen molar-refractivity contribution in [3.63, 3.8) is 0 Å². The molecule has 0 radical (unpaired) electrons. The van der Waals surface area contributed by atoms with Crippen molar-refractivity contribution in [1.82, 2.24) is 9.88 Å². The molecule has 2 heterocycles. The second-order valence-corrected chi connectivity index (χ2v) is 7.41. The average molecular weight is 383 g/mol. The van der Waals surface area contributed by atoms with E-state index in [1.165, 1.54) is 0 Å². The number of anilines is 1. The smallest absolute Gasteiger partial charge is 0.321 e. The van der Waals surface area contributed by atoms with E-state index >= 15 is 0 Å². The summed E-state index contributed by atoms with van der Waals surface area (Å²) >= 11 is 1.57. The molecule has 2 amide bonds. The zero-order valence-corrected chi connectivity index (χ0v) is 15.9. The molecule has 140 valence electrons. The quantitative estimate of drug-likeness (QED) is 0.726. The van der Waals surface area contributed by atoms with Crippen molar-refractivity contribution in [2.75, 3.05) is 25.5 Å². The number of benzene rings is 2. The predicted molar refractivity (Wildman–Crippen MR) is 107 cm³/mol. The molecule has 7 heteroatoms. The Morgan fingerprint density at radius 1 is 1.19 bits per heavy atom. The molecule has 2 aromatic carbocycles. The van der Waals surface area contributed by atoms with Crippen LogP contribution < -0.4 is 14.8 Å². The summed E-state index contributed by atoms with van der Waals surface area (Å²) in [6.07, 6.45) is 1.68. The van der Waals surface area contributed by atoms with Gasteiger partial charge in [0.15, 0.2) is 0 Å². The lowest BCUT2D eigenvalue weighted by atomic mass is 10.1.